The van der Waals surface area contributed by atoms with E-state index in [9.17, 15) is 9.59 Å². The van der Waals surface area contributed by atoms with Gasteiger partial charge in [0.25, 0.3) is 5.91 Å². The molecule has 0 unspecified atom stereocenters. The second-order valence-corrected chi connectivity index (χ2v) is 7.94. The molecule has 3 aromatic carbocycles. The first kappa shape index (κ1) is 22.3. The molecule has 0 spiro atoms. The van der Waals surface area contributed by atoms with Crippen molar-refractivity contribution in [3.63, 3.8) is 0 Å². The molecule has 1 aromatic heterocycles. The Hall–Kier alpha value is -3.90. The zero-order valence-electron chi connectivity index (χ0n) is 18.3. The fourth-order valence-corrected chi connectivity index (χ4v) is 3.59. The Labute approximate surface area is 197 Å². The fraction of sp³-hybridized carbons (Fsp3) is 0.115. The number of benzene rings is 3. The Bertz CT molecular complexity index is 1320. The van der Waals surface area contributed by atoms with E-state index in [4.69, 9.17) is 16.7 Å². The summed E-state index contributed by atoms with van der Waals surface area (Å²) in [4.78, 5) is 25.1. The lowest BCUT2D eigenvalue weighted by Gasteiger charge is -2.11. The molecule has 0 radical (unpaired) electrons. The average Bonchev–Trinajstić information content (AvgIpc) is 3.27. The SMILES string of the molecule is CCC(=O)Nc1ccc(Cl)c(NC(=O)c2cn(-c3ccccc3)nc2-c2ccccc2C)c1. The van der Waals surface area contributed by atoms with Crippen molar-refractivity contribution in [2.45, 2.75) is 20.3 Å². The van der Waals surface area contributed by atoms with Gasteiger partial charge in [-0.3, -0.25) is 9.59 Å². The number of rotatable bonds is 6. The molecule has 6 nitrogen and oxygen atoms in total. The van der Waals surface area contributed by atoms with Gasteiger partial charge >= 0.3 is 0 Å². The summed E-state index contributed by atoms with van der Waals surface area (Å²) in [5.74, 6) is -0.475. The average molecular weight is 459 g/mol. The van der Waals surface area contributed by atoms with Crippen molar-refractivity contribution in [1.29, 1.82) is 0 Å². The number of halogens is 1. The third-order valence-electron chi connectivity index (χ3n) is 5.20. The zero-order valence-corrected chi connectivity index (χ0v) is 19.1. The standard InChI is InChI=1S/C26H23ClN4O2/c1-3-24(32)28-18-13-14-22(27)23(15-18)29-26(33)21-16-31(19-10-5-4-6-11-19)30-25(21)20-12-8-7-9-17(20)2/h4-16H,3H2,1-2H3,(H,28,32)(H,29,33). The number of amides is 2. The number of aryl methyl sites for hydroxylation is 1. The van der Waals surface area contributed by atoms with Crippen LogP contribution < -0.4 is 10.6 Å². The summed E-state index contributed by atoms with van der Waals surface area (Å²) >= 11 is 6.33. The van der Waals surface area contributed by atoms with Crippen molar-refractivity contribution in [1.82, 2.24) is 9.78 Å². The molecule has 4 aromatic rings. The summed E-state index contributed by atoms with van der Waals surface area (Å²) in [6.45, 7) is 3.75. The lowest BCUT2D eigenvalue weighted by Crippen LogP contribution is -2.14. The van der Waals surface area contributed by atoms with Gasteiger partial charge in [-0.05, 0) is 42.8 Å². The number of hydrogen-bond acceptors (Lipinski definition) is 3. The van der Waals surface area contributed by atoms with Crippen LogP contribution in [0.15, 0.2) is 79.0 Å². The van der Waals surface area contributed by atoms with Gasteiger partial charge in [-0.2, -0.15) is 5.10 Å². The molecule has 0 aliphatic carbocycles. The summed E-state index contributed by atoms with van der Waals surface area (Å²) in [7, 11) is 0. The van der Waals surface area contributed by atoms with Gasteiger partial charge in [0, 0.05) is 23.9 Å². The molecule has 33 heavy (non-hydrogen) atoms. The number of nitrogens with one attached hydrogen (secondary N) is 2. The van der Waals surface area contributed by atoms with Crippen LogP contribution in [0.5, 0.6) is 0 Å². The van der Waals surface area contributed by atoms with Crippen molar-refractivity contribution >= 4 is 34.8 Å². The molecule has 0 atom stereocenters. The van der Waals surface area contributed by atoms with Gasteiger partial charge in [0.2, 0.25) is 5.91 Å². The van der Waals surface area contributed by atoms with Crippen LogP contribution in [0.1, 0.15) is 29.3 Å². The van der Waals surface area contributed by atoms with Crippen LogP contribution in [0.3, 0.4) is 0 Å². The lowest BCUT2D eigenvalue weighted by molar-refractivity contribution is -0.115. The normalized spacial score (nSPS) is 10.6. The van der Waals surface area contributed by atoms with Crippen LogP contribution in [0.4, 0.5) is 11.4 Å². The highest BCUT2D eigenvalue weighted by molar-refractivity contribution is 6.34. The molecule has 7 heteroatoms. The minimum Gasteiger partial charge on any atom is -0.326 e. The number of aromatic nitrogens is 2. The zero-order chi connectivity index (χ0) is 23.4. The highest BCUT2D eigenvalue weighted by Crippen LogP contribution is 2.30. The van der Waals surface area contributed by atoms with Gasteiger partial charge in [0.1, 0.15) is 5.69 Å². The largest absolute Gasteiger partial charge is 0.326 e. The maximum absolute atomic E-state index is 13.4. The molecule has 2 amide bonds. The summed E-state index contributed by atoms with van der Waals surface area (Å²) < 4.78 is 1.69. The van der Waals surface area contributed by atoms with Gasteiger partial charge < -0.3 is 10.6 Å². The monoisotopic (exact) mass is 458 g/mol. The molecule has 166 valence electrons. The molecule has 0 bridgehead atoms. The molecule has 0 saturated carbocycles. The van der Waals surface area contributed by atoms with Crippen molar-refractivity contribution in [2.24, 2.45) is 0 Å². The highest BCUT2D eigenvalue weighted by Gasteiger charge is 2.21. The first-order valence-electron chi connectivity index (χ1n) is 10.6. The number of nitrogens with zero attached hydrogens (tertiary/aromatic N) is 2. The summed E-state index contributed by atoms with van der Waals surface area (Å²) in [5, 5.41) is 10.8. The predicted octanol–water partition coefficient (Wildman–Crippen LogP) is 6.10. The van der Waals surface area contributed by atoms with E-state index in [0.29, 0.717) is 34.1 Å². The lowest BCUT2D eigenvalue weighted by atomic mass is 10.0. The van der Waals surface area contributed by atoms with E-state index in [1.54, 1.807) is 36.0 Å². The van der Waals surface area contributed by atoms with E-state index in [1.165, 1.54) is 0 Å². The third kappa shape index (κ3) is 4.96. The van der Waals surface area contributed by atoms with Crippen LogP contribution in [-0.4, -0.2) is 21.6 Å². The Morgan fingerprint density at radius 2 is 1.70 bits per heavy atom. The molecular weight excluding hydrogens is 436 g/mol. The minimum absolute atomic E-state index is 0.124. The number of carbonyl (C=O) groups is 2. The van der Waals surface area contributed by atoms with Crippen molar-refractivity contribution in [2.75, 3.05) is 10.6 Å². The molecule has 2 N–H and O–H groups in total. The first-order chi connectivity index (χ1) is 16.0. The van der Waals surface area contributed by atoms with Gasteiger partial charge in [-0.15, -0.1) is 0 Å². The van der Waals surface area contributed by atoms with Crippen molar-refractivity contribution < 1.29 is 9.59 Å². The third-order valence-corrected chi connectivity index (χ3v) is 5.53. The van der Waals surface area contributed by atoms with Gasteiger partial charge in [-0.1, -0.05) is 61.0 Å². The Kier molecular flexibility index (Phi) is 6.56. The number of anilines is 2. The van der Waals surface area contributed by atoms with Crippen molar-refractivity contribution in [3.8, 4) is 16.9 Å². The smallest absolute Gasteiger partial charge is 0.259 e. The Morgan fingerprint density at radius 1 is 0.970 bits per heavy atom. The molecule has 4 rings (SSSR count). The molecule has 1 heterocycles. The minimum atomic E-state index is -0.351. The maximum Gasteiger partial charge on any atom is 0.259 e. The van der Waals surface area contributed by atoms with Gasteiger partial charge in [0.15, 0.2) is 0 Å². The number of hydrogen-bond donors (Lipinski definition) is 2. The fourth-order valence-electron chi connectivity index (χ4n) is 3.43. The molecule has 0 saturated heterocycles. The van der Waals surface area contributed by atoms with E-state index in [2.05, 4.69) is 10.6 Å². The van der Waals surface area contributed by atoms with Gasteiger partial charge in [0.05, 0.1) is 22.0 Å². The van der Waals surface area contributed by atoms with Crippen LogP contribution in [-0.2, 0) is 4.79 Å². The number of para-hydroxylation sites is 1. The van der Waals surface area contributed by atoms with Crippen LogP contribution in [0.25, 0.3) is 16.9 Å². The predicted molar refractivity (Wildman–Crippen MR) is 132 cm³/mol. The van der Waals surface area contributed by atoms with E-state index in [1.807, 2.05) is 61.5 Å². The van der Waals surface area contributed by atoms with E-state index in [0.717, 1.165) is 16.8 Å². The topological polar surface area (TPSA) is 76.0 Å². The molecule has 0 fully saturated rings. The van der Waals surface area contributed by atoms with Crippen LogP contribution >= 0.6 is 11.6 Å². The second-order valence-electron chi connectivity index (χ2n) is 7.54. The molecular formula is C26H23ClN4O2. The van der Waals surface area contributed by atoms with Crippen LogP contribution in [0.2, 0.25) is 5.02 Å². The molecule has 0 aliphatic heterocycles. The number of carbonyl (C=O) groups excluding carboxylic acids is 2. The first-order valence-corrected chi connectivity index (χ1v) is 11.0. The van der Waals surface area contributed by atoms with Crippen molar-refractivity contribution in [3.05, 3.63) is 95.1 Å². The Balaban J connectivity index is 1.73. The molecule has 0 aliphatic rings. The summed E-state index contributed by atoms with van der Waals surface area (Å²) in [6.07, 6.45) is 2.06. The van der Waals surface area contributed by atoms with E-state index in [-0.39, 0.29) is 11.8 Å². The highest BCUT2D eigenvalue weighted by atomic mass is 35.5. The van der Waals surface area contributed by atoms with Crippen LogP contribution in [0, 0.1) is 6.92 Å². The maximum atomic E-state index is 13.4. The van der Waals surface area contributed by atoms with Gasteiger partial charge in [-0.25, -0.2) is 4.68 Å². The second kappa shape index (κ2) is 9.71. The van der Waals surface area contributed by atoms with E-state index >= 15 is 0 Å². The van der Waals surface area contributed by atoms with E-state index < -0.39 is 0 Å². The summed E-state index contributed by atoms with van der Waals surface area (Å²) in [5.41, 5.74) is 4.65. The summed E-state index contributed by atoms with van der Waals surface area (Å²) in [6, 6.07) is 22.4. The quantitative estimate of drug-likeness (QED) is 0.366. The Morgan fingerprint density at radius 3 is 2.42 bits per heavy atom.